The molecular weight excluding hydrogens is 500 g/mol. The van der Waals surface area contributed by atoms with Crippen molar-refractivity contribution < 1.29 is 4.42 Å². The van der Waals surface area contributed by atoms with Crippen LogP contribution in [0, 0.1) is 0 Å². The molecule has 0 amide bonds. The van der Waals surface area contributed by atoms with Gasteiger partial charge < -0.3 is 4.42 Å². The zero-order valence-electron chi connectivity index (χ0n) is 21.8. The molecule has 0 saturated carbocycles. The summed E-state index contributed by atoms with van der Waals surface area (Å²) in [6.07, 6.45) is 0. The lowest BCUT2D eigenvalue weighted by Gasteiger charge is -2.13. The van der Waals surface area contributed by atoms with Gasteiger partial charge in [-0.1, -0.05) is 84.9 Å². The van der Waals surface area contributed by atoms with E-state index in [4.69, 9.17) is 14.4 Å². The molecule has 0 radical (unpaired) electrons. The molecule has 0 fully saturated rings. The Hall–Kier alpha value is -5.54. The van der Waals surface area contributed by atoms with Gasteiger partial charge in [0.05, 0.1) is 22.4 Å². The molecule has 188 valence electrons. The van der Waals surface area contributed by atoms with Gasteiger partial charge in [0, 0.05) is 32.7 Å². The van der Waals surface area contributed by atoms with Crippen LogP contribution in [0.5, 0.6) is 0 Å². The normalized spacial score (nSPS) is 12.4. The van der Waals surface area contributed by atoms with E-state index in [1.165, 1.54) is 54.2 Å². The highest BCUT2D eigenvalue weighted by Gasteiger charge is 2.24. The van der Waals surface area contributed by atoms with Gasteiger partial charge in [-0.25, -0.2) is 9.97 Å². The predicted molar refractivity (Wildman–Crippen MR) is 169 cm³/mol. The van der Waals surface area contributed by atoms with Crippen LogP contribution in [-0.2, 0) is 0 Å². The van der Waals surface area contributed by atoms with E-state index in [9.17, 15) is 0 Å². The maximum absolute atomic E-state index is 6.61. The lowest BCUT2D eigenvalue weighted by atomic mass is 9.91. The largest absolute Gasteiger partial charge is 0.456 e. The molecule has 0 unspecified atom stereocenters. The van der Waals surface area contributed by atoms with Crippen LogP contribution in [-0.4, -0.2) is 9.97 Å². The van der Waals surface area contributed by atoms with E-state index >= 15 is 0 Å². The second-order valence-electron chi connectivity index (χ2n) is 10.9. The Morgan fingerprint density at radius 3 is 1.95 bits per heavy atom. The molecule has 0 N–H and O–H groups in total. The monoisotopic (exact) mass is 520 g/mol. The Morgan fingerprint density at radius 2 is 1.10 bits per heavy atom. The van der Waals surface area contributed by atoms with Crippen molar-refractivity contribution in [1.82, 2.24) is 9.97 Å². The SMILES string of the molecule is c1ccc(-c2ccc3nc(-c4cc5oc6ccc7ccc8cccc9c8c7c6c5c5c-9cccc45)ccc3n2)cc1. The van der Waals surface area contributed by atoms with Crippen molar-refractivity contribution in [3.05, 3.63) is 121 Å². The third kappa shape index (κ3) is 2.77. The molecule has 3 aromatic heterocycles. The van der Waals surface area contributed by atoms with E-state index in [2.05, 4.69) is 103 Å². The Labute approximate surface area is 234 Å². The summed E-state index contributed by atoms with van der Waals surface area (Å²) in [6, 6.07) is 42.8. The minimum absolute atomic E-state index is 0.874. The van der Waals surface area contributed by atoms with Crippen molar-refractivity contribution in [1.29, 1.82) is 0 Å². The zero-order chi connectivity index (χ0) is 26.7. The summed E-state index contributed by atoms with van der Waals surface area (Å²) >= 11 is 0. The van der Waals surface area contributed by atoms with Crippen molar-refractivity contribution in [3.8, 4) is 33.6 Å². The molecule has 3 heterocycles. The number of benzene rings is 6. The second kappa shape index (κ2) is 7.56. The molecule has 0 bridgehead atoms. The smallest absolute Gasteiger partial charge is 0.136 e. The summed E-state index contributed by atoms with van der Waals surface area (Å²) in [7, 11) is 0. The molecule has 0 atom stereocenters. The summed E-state index contributed by atoms with van der Waals surface area (Å²) in [4.78, 5) is 10.0. The Bertz CT molecular complexity index is 2580. The molecule has 6 aromatic carbocycles. The first-order valence-corrected chi connectivity index (χ1v) is 13.9. The van der Waals surface area contributed by atoms with Crippen LogP contribution in [0.4, 0.5) is 0 Å². The number of nitrogens with zero attached hydrogens (tertiary/aromatic N) is 2. The van der Waals surface area contributed by atoms with Crippen molar-refractivity contribution in [2.45, 2.75) is 0 Å². The lowest BCUT2D eigenvalue weighted by Crippen LogP contribution is -1.91. The second-order valence-corrected chi connectivity index (χ2v) is 10.9. The summed E-state index contributed by atoms with van der Waals surface area (Å²) < 4.78 is 6.61. The van der Waals surface area contributed by atoms with Gasteiger partial charge >= 0.3 is 0 Å². The maximum Gasteiger partial charge on any atom is 0.136 e. The molecule has 0 spiro atoms. The highest BCUT2D eigenvalue weighted by atomic mass is 16.3. The summed E-state index contributed by atoms with van der Waals surface area (Å²) in [5.41, 5.74) is 10.1. The maximum atomic E-state index is 6.61. The minimum Gasteiger partial charge on any atom is -0.456 e. The fourth-order valence-electron chi connectivity index (χ4n) is 7.00. The van der Waals surface area contributed by atoms with Crippen LogP contribution in [0.1, 0.15) is 0 Å². The molecule has 0 saturated heterocycles. The molecule has 9 aromatic rings. The van der Waals surface area contributed by atoms with Gasteiger partial charge in [0.25, 0.3) is 0 Å². The molecular formula is C38H20N2O. The van der Waals surface area contributed by atoms with Crippen LogP contribution in [0.25, 0.3) is 98.9 Å². The summed E-state index contributed by atoms with van der Waals surface area (Å²) in [5.74, 6) is 0. The number of fused-ring (bicyclic) bond motifs is 2. The number of pyridine rings is 2. The quantitative estimate of drug-likeness (QED) is 0.213. The number of rotatable bonds is 2. The molecule has 1 aliphatic carbocycles. The van der Waals surface area contributed by atoms with Crippen molar-refractivity contribution in [2.24, 2.45) is 0 Å². The van der Waals surface area contributed by atoms with E-state index in [0.29, 0.717) is 0 Å². The summed E-state index contributed by atoms with van der Waals surface area (Å²) in [5, 5.41) is 9.88. The van der Waals surface area contributed by atoms with E-state index < -0.39 is 0 Å². The van der Waals surface area contributed by atoms with Crippen LogP contribution >= 0.6 is 0 Å². The van der Waals surface area contributed by atoms with E-state index in [0.717, 1.165) is 44.7 Å². The van der Waals surface area contributed by atoms with Gasteiger partial charge in [-0.2, -0.15) is 0 Å². The molecule has 0 aliphatic heterocycles. The first-order chi connectivity index (χ1) is 20.3. The van der Waals surface area contributed by atoms with Crippen molar-refractivity contribution in [3.63, 3.8) is 0 Å². The molecule has 10 rings (SSSR count). The average molecular weight is 521 g/mol. The van der Waals surface area contributed by atoms with Gasteiger partial charge in [0.1, 0.15) is 11.2 Å². The standard InChI is InChI=1S/C38H20N2O/c1-2-6-21(7-3-1)28-15-17-31-30(39-28)18-16-29(40-31)27-20-33-38-36-25(10-5-11-26(27)36)24-9-4-8-22-12-13-23-14-19-32(41-33)37(38)35(23)34(22)24/h1-20H. The molecule has 3 nitrogen and oxygen atoms in total. The van der Waals surface area contributed by atoms with Gasteiger partial charge in [0.15, 0.2) is 0 Å². The molecule has 1 aliphatic rings. The number of furan rings is 1. The Kier molecular flexibility index (Phi) is 3.93. The van der Waals surface area contributed by atoms with E-state index in [-0.39, 0.29) is 0 Å². The Balaban J connectivity index is 1.30. The number of hydrogen-bond acceptors (Lipinski definition) is 3. The lowest BCUT2D eigenvalue weighted by molar-refractivity contribution is 0.669. The van der Waals surface area contributed by atoms with Gasteiger partial charge in [-0.3, -0.25) is 0 Å². The number of hydrogen-bond donors (Lipinski definition) is 0. The highest BCUT2D eigenvalue weighted by Crippen LogP contribution is 2.50. The van der Waals surface area contributed by atoms with Gasteiger partial charge in [-0.05, 0) is 69.1 Å². The van der Waals surface area contributed by atoms with E-state index in [1.807, 2.05) is 18.2 Å². The van der Waals surface area contributed by atoms with Gasteiger partial charge in [0.2, 0.25) is 0 Å². The minimum atomic E-state index is 0.874. The predicted octanol–water partition coefficient (Wildman–Crippen LogP) is 10.3. The summed E-state index contributed by atoms with van der Waals surface area (Å²) in [6.45, 7) is 0. The third-order valence-corrected chi connectivity index (χ3v) is 8.76. The van der Waals surface area contributed by atoms with Crippen molar-refractivity contribution in [2.75, 3.05) is 0 Å². The number of aromatic nitrogens is 2. The van der Waals surface area contributed by atoms with Crippen LogP contribution in [0.2, 0.25) is 0 Å². The van der Waals surface area contributed by atoms with E-state index in [1.54, 1.807) is 0 Å². The van der Waals surface area contributed by atoms with Gasteiger partial charge in [-0.15, -0.1) is 0 Å². The van der Waals surface area contributed by atoms with Crippen LogP contribution in [0.3, 0.4) is 0 Å². The zero-order valence-corrected chi connectivity index (χ0v) is 21.8. The topological polar surface area (TPSA) is 38.9 Å². The van der Waals surface area contributed by atoms with Crippen LogP contribution < -0.4 is 0 Å². The average Bonchev–Trinajstić information content (AvgIpc) is 3.36. The third-order valence-electron chi connectivity index (χ3n) is 8.76. The fourth-order valence-corrected chi connectivity index (χ4v) is 7.00. The fraction of sp³-hybridized carbons (Fsp3) is 0. The molecule has 41 heavy (non-hydrogen) atoms. The highest BCUT2D eigenvalue weighted by molar-refractivity contribution is 6.38. The first-order valence-electron chi connectivity index (χ1n) is 13.9. The van der Waals surface area contributed by atoms with Crippen molar-refractivity contribution >= 4 is 65.3 Å². The Morgan fingerprint density at radius 1 is 0.415 bits per heavy atom. The first kappa shape index (κ1) is 21.3. The molecule has 3 heteroatoms. The van der Waals surface area contributed by atoms with Crippen LogP contribution in [0.15, 0.2) is 126 Å².